The summed E-state index contributed by atoms with van der Waals surface area (Å²) in [6.45, 7) is 3.17. The third-order valence-electron chi connectivity index (χ3n) is 5.06. The lowest BCUT2D eigenvalue weighted by Crippen LogP contribution is -2.36. The molecule has 4 rings (SSSR count). The Morgan fingerprint density at radius 1 is 1.38 bits per heavy atom. The predicted molar refractivity (Wildman–Crippen MR) is 110 cm³/mol. The summed E-state index contributed by atoms with van der Waals surface area (Å²) in [6.07, 6.45) is 2.69. The van der Waals surface area contributed by atoms with Crippen LogP contribution < -0.4 is 10.6 Å². The van der Waals surface area contributed by atoms with E-state index in [1.807, 2.05) is 23.6 Å². The van der Waals surface area contributed by atoms with E-state index in [2.05, 4.69) is 15.6 Å². The molecular formula is C21H20ClFN4O2. The van der Waals surface area contributed by atoms with E-state index in [0.29, 0.717) is 40.6 Å². The summed E-state index contributed by atoms with van der Waals surface area (Å²) in [5, 5.41) is 6.80. The van der Waals surface area contributed by atoms with E-state index >= 15 is 0 Å². The standard InChI is InChI=1S/C21H20ClFN4O2/c1-12-14(22)4-3-5-16(12)26-19-18(13-6-7-24-10-15(13)23)17(11-29-2)27-9-8-25-21(28)20(19)27/h3-7,10,26H,8-9,11H2,1-2H3,(H,25,28). The van der Waals surface area contributed by atoms with Crippen LogP contribution in [-0.2, 0) is 17.9 Å². The van der Waals surface area contributed by atoms with Gasteiger partial charge in [0.2, 0.25) is 0 Å². The van der Waals surface area contributed by atoms with Crippen molar-refractivity contribution in [1.82, 2.24) is 14.9 Å². The van der Waals surface area contributed by atoms with Crippen molar-refractivity contribution in [3.63, 3.8) is 0 Å². The van der Waals surface area contributed by atoms with Crippen molar-refractivity contribution >= 4 is 28.9 Å². The number of aromatic nitrogens is 2. The Kier molecular flexibility index (Phi) is 5.25. The Morgan fingerprint density at radius 3 is 2.97 bits per heavy atom. The minimum atomic E-state index is -0.473. The number of rotatable bonds is 5. The predicted octanol–water partition coefficient (Wildman–Crippen LogP) is 4.28. The fraction of sp³-hybridized carbons (Fsp3) is 0.238. The molecule has 1 aliphatic rings. The zero-order chi connectivity index (χ0) is 20.5. The van der Waals surface area contributed by atoms with Gasteiger partial charge in [0.15, 0.2) is 0 Å². The molecule has 0 saturated heterocycles. The maximum absolute atomic E-state index is 14.8. The molecule has 0 fully saturated rings. The summed E-state index contributed by atoms with van der Waals surface area (Å²) in [4.78, 5) is 16.6. The Balaban J connectivity index is 2.01. The van der Waals surface area contributed by atoms with Gasteiger partial charge >= 0.3 is 0 Å². The molecule has 3 aromatic rings. The van der Waals surface area contributed by atoms with E-state index in [4.69, 9.17) is 16.3 Å². The molecule has 8 heteroatoms. The second-order valence-corrected chi connectivity index (χ2v) is 7.19. The molecule has 0 unspecified atom stereocenters. The highest BCUT2D eigenvalue weighted by molar-refractivity contribution is 6.31. The average Bonchev–Trinajstić information content (AvgIpc) is 3.01. The smallest absolute Gasteiger partial charge is 0.270 e. The molecule has 0 aliphatic carbocycles. The van der Waals surface area contributed by atoms with E-state index in [1.54, 1.807) is 19.2 Å². The number of pyridine rings is 1. The molecule has 29 heavy (non-hydrogen) atoms. The normalized spacial score (nSPS) is 13.2. The molecule has 1 amide bonds. The number of halogens is 2. The van der Waals surface area contributed by atoms with Gasteiger partial charge in [0.25, 0.3) is 5.91 Å². The maximum Gasteiger partial charge on any atom is 0.270 e. The number of benzene rings is 1. The van der Waals surface area contributed by atoms with Crippen molar-refractivity contribution in [2.45, 2.75) is 20.1 Å². The summed E-state index contributed by atoms with van der Waals surface area (Å²) < 4.78 is 22.0. The highest BCUT2D eigenvalue weighted by atomic mass is 35.5. The zero-order valence-electron chi connectivity index (χ0n) is 16.1. The second-order valence-electron chi connectivity index (χ2n) is 6.78. The van der Waals surface area contributed by atoms with Crippen molar-refractivity contribution in [1.29, 1.82) is 0 Å². The summed E-state index contributed by atoms with van der Waals surface area (Å²) in [6, 6.07) is 7.09. The molecule has 6 nitrogen and oxygen atoms in total. The van der Waals surface area contributed by atoms with Gasteiger partial charge in [-0.1, -0.05) is 17.7 Å². The van der Waals surface area contributed by atoms with Gasteiger partial charge in [-0.3, -0.25) is 9.78 Å². The van der Waals surface area contributed by atoms with Crippen LogP contribution >= 0.6 is 11.6 Å². The summed E-state index contributed by atoms with van der Waals surface area (Å²) in [5.41, 5.74) is 4.19. The van der Waals surface area contributed by atoms with Crippen LogP contribution in [0.3, 0.4) is 0 Å². The first-order valence-corrected chi connectivity index (χ1v) is 9.55. The van der Waals surface area contributed by atoms with E-state index in [1.165, 1.54) is 6.20 Å². The Bertz CT molecular complexity index is 1100. The largest absolute Gasteiger partial charge is 0.378 e. The lowest BCUT2D eigenvalue weighted by molar-refractivity contribution is 0.0925. The van der Waals surface area contributed by atoms with E-state index in [-0.39, 0.29) is 12.5 Å². The number of nitrogens with zero attached hydrogens (tertiary/aromatic N) is 2. The Morgan fingerprint density at radius 2 is 2.21 bits per heavy atom. The lowest BCUT2D eigenvalue weighted by atomic mass is 10.0. The highest BCUT2D eigenvalue weighted by Crippen LogP contribution is 2.42. The molecule has 1 aromatic carbocycles. The van der Waals surface area contributed by atoms with Gasteiger partial charge < -0.3 is 19.9 Å². The molecule has 0 saturated carbocycles. The molecule has 0 radical (unpaired) electrons. The quantitative estimate of drug-likeness (QED) is 0.653. The third kappa shape index (κ3) is 3.36. The maximum atomic E-state index is 14.8. The van der Waals surface area contributed by atoms with Gasteiger partial charge in [-0.15, -0.1) is 0 Å². The average molecular weight is 415 g/mol. The summed E-state index contributed by atoms with van der Waals surface area (Å²) in [7, 11) is 1.57. The topological polar surface area (TPSA) is 68.2 Å². The van der Waals surface area contributed by atoms with Crippen LogP contribution in [-0.4, -0.2) is 29.1 Å². The van der Waals surface area contributed by atoms with Gasteiger partial charge in [-0.05, 0) is 30.7 Å². The number of carbonyl (C=O) groups is 1. The number of carbonyl (C=O) groups excluding carboxylic acids is 1. The van der Waals surface area contributed by atoms with Gasteiger partial charge in [-0.2, -0.15) is 0 Å². The molecule has 0 atom stereocenters. The van der Waals surface area contributed by atoms with Crippen molar-refractivity contribution in [2.75, 3.05) is 19.0 Å². The number of amides is 1. The molecule has 2 N–H and O–H groups in total. The fourth-order valence-electron chi connectivity index (χ4n) is 3.67. The number of hydrogen-bond donors (Lipinski definition) is 2. The van der Waals surface area contributed by atoms with E-state index in [9.17, 15) is 9.18 Å². The van der Waals surface area contributed by atoms with E-state index < -0.39 is 5.82 Å². The molecule has 0 spiro atoms. The van der Waals surface area contributed by atoms with E-state index in [0.717, 1.165) is 23.1 Å². The third-order valence-corrected chi connectivity index (χ3v) is 5.47. The molecule has 2 aromatic heterocycles. The second kappa shape index (κ2) is 7.85. The van der Waals surface area contributed by atoms with Crippen LogP contribution in [0.1, 0.15) is 21.7 Å². The first-order chi connectivity index (χ1) is 14.0. The van der Waals surface area contributed by atoms with Gasteiger partial charge in [0.1, 0.15) is 11.5 Å². The van der Waals surface area contributed by atoms with Crippen LogP contribution in [0, 0.1) is 12.7 Å². The first-order valence-electron chi connectivity index (χ1n) is 9.17. The van der Waals surface area contributed by atoms with Crippen LogP contribution in [0.25, 0.3) is 11.1 Å². The molecular weight excluding hydrogens is 395 g/mol. The Labute approximate surface area is 172 Å². The number of anilines is 2. The number of fused-ring (bicyclic) bond motifs is 1. The van der Waals surface area contributed by atoms with Crippen LogP contribution in [0.5, 0.6) is 0 Å². The number of hydrogen-bond acceptors (Lipinski definition) is 4. The minimum Gasteiger partial charge on any atom is -0.378 e. The summed E-state index contributed by atoms with van der Waals surface area (Å²) in [5.74, 6) is -0.699. The number of ether oxygens (including phenoxy) is 1. The van der Waals surface area contributed by atoms with Crippen LogP contribution in [0.2, 0.25) is 5.02 Å². The Hall–Kier alpha value is -2.90. The molecule has 3 heterocycles. The van der Waals surface area contributed by atoms with Crippen LogP contribution in [0.4, 0.5) is 15.8 Å². The zero-order valence-corrected chi connectivity index (χ0v) is 16.8. The summed E-state index contributed by atoms with van der Waals surface area (Å²) >= 11 is 6.28. The van der Waals surface area contributed by atoms with Gasteiger partial charge in [-0.25, -0.2) is 4.39 Å². The molecule has 1 aliphatic heterocycles. The van der Waals surface area contributed by atoms with Gasteiger partial charge in [0.05, 0.1) is 24.2 Å². The SMILES string of the molecule is COCc1c(-c2ccncc2F)c(Nc2cccc(Cl)c2C)c2n1CCNC2=O. The first kappa shape index (κ1) is 19.4. The fourth-order valence-corrected chi connectivity index (χ4v) is 3.84. The highest BCUT2D eigenvalue weighted by Gasteiger charge is 2.31. The minimum absolute atomic E-state index is 0.225. The van der Waals surface area contributed by atoms with Crippen molar-refractivity contribution < 1.29 is 13.9 Å². The molecule has 0 bridgehead atoms. The monoisotopic (exact) mass is 414 g/mol. The van der Waals surface area contributed by atoms with Crippen molar-refractivity contribution in [3.8, 4) is 11.1 Å². The number of nitrogens with one attached hydrogen (secondary N) is 2. The number of methoxy groups -OCH3 is 1. The lowest BCUT2D eigenvalue weighted by Gasteiger charge is -2.19. The van der Waals surface area contributed by atoms with Crippen molar-refractivity contribution in [2.24, 2.45) is 0 Å². The molecule has 150 valence electrons. The van der Waals surface area contributed by atoms with Gasteiger partial charge in [0, 0.05) is 48.2 Å². The van der Waals surface area contributed by atoms with Crippen molar-refractivity contribution in [3.05, 3.63) is 64.5 Å². The van der Waals surface area contributed by atoms with Crippen LogP contribution in [0.15, 0.2) is 36.7 Å².